The molecule has 0 spiro atoms. The number of aromatic nitrogens is 3. The molecule has 0 aliphatic carbocycles. The number of anilines is 1. The van der Waals surface area contributed by atoms with Gasteiger partial charge in [-0.25, -0.2) is 9.67 Å². The zero-order chi connectivity index (χ0) is 23.7. The first-order chi connectivity index (χ1) is 16.5. The molecule has 0 saturated carbocycles. The molecule has 2 heterocycles. The van der Waals surface area contributed by atoms with Crippen LogP contribution in [0.5, 0.6) is 0 Å². The van der Waals surface area contributed by atoms with Gasteiger partial charge in [-0.15, -0.1) is 0 Å². The van der Waals surface area contributed by atoms with Crippen molar-refractivity contribution >= 4 is 34.1 Å². The van der Waals surface area contributed by atoms with E-state index in [-0.39, 0.29) is 5.91 Å². The molecule has 0 aliphatic heterocycles. The van der Waals surface area contributed by atoms with Crippen LogP contribution in [-0.2, 0) is 6.42 Å². The minimum atomic E-state index is -0.206. The molecule has 0 radical (unpaired) electrons. The molecular weight excluding hydrogens is 444 g/mol. The highest BCUT2D eigenvalue weighted by molar-refractivity contribution is 6.30. The molecule has 6 heteroatoms. The fourth-order valence-electron chi connectivity index (χ4n) is 4.03. The third-order valence-electron chi connectivity index (χ3n) is 5.94. The molecule has 1 amide bonds. The topological polar surface area (TPSA) is 59.8 Å². The third-order valence-corrected chi connectivity index (χ3v) is 6.19. The van der Waals surface area contributed by atoms with Gasteiger partial charge in [-0.3, -0.25) is 4.79 Å². The second kappa shape index (κ2) is 9.12. The van der Waals surface area contributed by atoms with Crippen molar-refractivity contribution in [2.24, 2.45) is 0 Å². The molecule has 0 bridgehead atoms. The number of para-hydroxylation sites is 1. The molecule has 0 atom stereocenters. The summed E-state index contributed by atoms with van der Waals surface area (Å²) in [6.07, 6.45) is 2.80. The molecule has 0 unspecified atom stereocenters. The van der Waals surface area contributed by atoms with E-state index in [1.807, 2.05) is 41.9 Å². The van der Waals surface area contributed by atoms with E-state index in [0.717, 1.165) is 34.3 Å². The minimum Gasteiger partial charge on any atom is -0.322 e. The van der Waals surface area contributed by atoms with E-state index >= 15 is 0 Å². The average molecular weight is 467 g/mol. The van der Waals surface area contributed by atoms with Crippen molar-refractivity contribution in [3.8, 4) is 16.9 Å². The van der Waals surface area contributed by atoms with E-state index in [1.165, 1.54) is 5.56 Å². The standard InChI is InChI=1S/C28H23ClN4O/c1-3-19-8-14-22(15-9-19)33-18(2)25(17-30-33)27-16-24(23-6-4-5-7-26(23)32-27)28(34)31-21-12-10-20(29)11-13-21/h4-17H,3H2,1-2H3,(H,31,34). The predicted molar refractivity (Wildman–Crippen MR) is 138 cm³/mol. The Morgan fingerprint density at radius 1 is 1.00 bits per heavy atom. The highest BCUT2D eigenvalue weighted by atomic mass is 35.5. The summed E-state index contributed by atoms with van der Waals surface area (Å²) in [5.74, 6) is -0.206. The Morgan fingerprint density at radius 2 is 1.74 bits per heavy atom. The molecule has 0 saturated heterocycles. The van der Waals surface area contributed by atoms with Gasteiger partial charge in [-0.1, -0.05) is 48.9 Å². The smallest absolute Gasteiger partial charge is 0.256 e. The number of pyridine rings is 1. The molecule has 0 aliphatic rings. The fraction of sp³-hybridized carbons (Fsp3) is 0.107. The number of benzene rings is 3. The van der Waals surface area contributed by atoms with Gasteiger partial charge in [0.1, 0.15) is 0 Å². The normalized spacial score (nSPS) is 11.0. The maximum absolute atomic E-state index is 13.3. The lowest BCUT2D eigenvalue weighted by Crippen LogP contribution is -2.13. The zero-order valence-electron chi connectivity index (χ0n) is 18.9. The number of carbonyl (C=O) groups is 1. The number of nitrogens with zero attached hydrogens (tertiary/aromatic N) is 3. The SMILES string of the molecule is CCc1ccc(-n2ncc(-c3cc(C(=O)Nc4ccc(Cl)cc4)c4ccccc4n3)c2C)cc1. The van der Waals surface area contributed by atoms with E-state index in [9.17, 15) is 4.79 Å². The van der Waals surface area contributed by atoms with Crippen LogP contribution in [0.15, 0.2) is 85.1 Å². The number of nitrogens with one attached hydrogen (secondary N) is 1. The van der Waals surface area contributed by atoms with Crippen LogP contribution in [0.3, 0.4) is 0 Å². The summed E-state index contributed by atoms with van der Waals surface area (Å²) in [5, 5.41) is 8.99. The summed E-state index contributed by atoms with van der Waals surface area (Å²) in [6, 6.07) is 24.9. The number of hydrogen-bond acceptors (Lipinski definition) is 3. The second-order valence-electron chi connectivity index (χ2n) is 8.11. The van der Waals surface area contributed by atoms with E-state index in [2.05, 4.69) is 41.6 Å². The van der Waals surface area contributed by atoms with Gasteiger partial charge < -0.3 is 5.32 Å². The van der Waals surface area contributed by atoms with Gasteiger partial charge in [0.05, 0.1) is 34.4 Å². The molecule has 5 aromatic rings. The van der Waals surface area contributed by atoms with Gasteiger partial charge in [0.25, 0.3) is 5.91 Å². The minimum absolute atomic E-state index is 0.206. The van der Waals surface area contributed by atoms with Gasteiger partial charge >= 0.3 is 0 Å². The summed E-state index contributed by atoms with van der Waals surface area (Å²) < 4.78 is 1.90. The van der Waals surface area contributed by atoms with Gasteiger partial charge in [0.2, 0.25) is 0 Å². The number of rotatable bonds is 5. The first kappa shape index (κ1) is 21.9. The van der Waals surface area contributed by atoms with Crippen molar-refractivity contribution in [3.63, 3.8) is 0 Å². The number of carbonyl (C=O) groups excluding carboxylic acids is 1. The van der Waals surface area contributed by atoms with Crippen LogP contribution in [0.2, 0.25) is 5.02 Å². The van der Waals surface area contributed by atoms with Crippen LogP contribution >= 0.6 is 11.6 Å². The zero-order valence-corrected chi connectivity index (χ0v) is 19.7. The Balaban J connectivity index is 1.56. The van der Waals surface area contributed by atoms with E-state index in [0.29, 0.717) is 22.0 Å². The predicted octanol–water partition coefficient (Wildman–Crippen LogP) is 6.86. The highest BCUT2D eigenvalue weighted by Crippen LogP contribution is 2.29. The summed E-state index contributed by atoms with van der Waals surface area (Å²) >= 11 is 5.98. The van der Waals surface area contributed by atoms with Crippen LogP contribution in [0.25, 0.3) is 27.8 Å². The monoisotopic (exact) mass is 466 g/mol. The van der Waals surface area contributed by atoms with Gasteiger partial charge in [-0.2, -0.15) is 5.10 Å². The maximum atomic E-state index is 13.3. The van der Waals surface area contributed by atoms with Crippen molar-refractivity contribution in [1.29, 1.82) is 0 Å². The molecule has 5 nitrogen and oxygen atoms in total. The van der Waals surface area contributed by atoms with E-state index in [1.54, 1.807) is 30.5 Å². The molecule has 5 rings (SSSR count). The van der Waals surface area contributed by atoms with E-state index in [4.69, 9.17) is 16.6 Å². The van der Waals surface area contributed by atoms with Gasteiger partial charge in [0, 0.05) is 21.7 Å². The largest absolute Gasteiger partial charge is 0.322 e. The number of aryl methyl sites for hydroxylation is 1. The molecule has 2 aromatic heterocycles. The van der Waals surface area contributed by atoms with Crippen LogP contribution in [-0.4, -0.2) is 20.7 Å². The summed E-state index contributed by atoms with van der Waals surface area (Å²) in [5.41, 5.74) is 6.78. The molecule has 168 valence electrons. The van der Waals surface area contributed by atoms with Crippen LogP contribution < -0.4 is 5.32 Å². The van der Waals surface area contributed by atoms with Gasteiger partial charge in [0.15, 0.2) is 0 Å². The Labute approximate surface area is 203 Å². The summed E-state index contributed by atoms with van der Waals surface area (Å²) in [6.45, 7) is 4.15. The highest BCUT2D eigenvalue weighted by Gasteiger charge is 2.17. The number of amides is 1. The molecule has 34 heavy (non-hydrogen) atoms. The number of fused-ring (bicyclic) bond motifs is 1. The Hall–Kier alpha value is -3.96. The first-order valence-corrected chi connectivity index (χ1v) is 11.5. The molecule has 3 aromatic carbocycles. The van der Waals surface area contributed by atoms with Gasteiger partial charge in [-0.05, 0) is 67.4 Å². The van der Waals surface area contributed by atoms with E-state index < -0.39 is 0 Å². The fourth-order valence-corrected chi connectivity index (χ4v) is 4.15. The lowest BCUT2D eigenvalue weighted by molar-refractivity contribution is 0.102. The lowest BCUT2D eigenvalue weighted by atomic mass is 10.0. The van der Waals surface area contributed by atoms with Crippen molar-refractivity contribution < 1.29 is 4.79 Å². The lowest BCUT2D eigenvalue weighted by Gasteiger charge is -2.11. The Bertz CT molecular complexity index is 1490. The molecular formula is C28H23ClN4O. The van der Waals surface area contributed by atoms with Crippen molar-refractivity contribution in [2.75, 3.05) is 5.32 Å². The Kier molecular flexibility index (Phi) is 5.86. The first-order valence-electron chi connectivity index (χ1n) is 11.1. The second-order valence-corrected chi connectivity index (χ2v) is 8.55. The summed E-state index contributed by atoms with van der Waals surface area (Å²) in [7, 11) is 0. The van der Waals surface area contributed by atoms with Crippen molar-refractivity contribution in [1.82, 2.24) is 14.8 Å². The van der Waals surface area contributed by atoms with Crippen LogP contribution in [0, 0.1) is 6.92 Å². The van der Waals surface area contributed by atoms with Crippen molar-refractivity contribution in [3.05, 3.63) is 107 Å². The Morgan fingerprint density at radius 3 is 2.47 bits per heavy atom. The number of hydrogen-bond donors (Lipinski definition) is 1. The number of halogens is 1. The quantitative estimate of drug-likeness (QED) is 0.307. The van der Waals surface area contributed by atoms with Crippen LogP contribution in [0.1, 0.15) is 28.5 Å². The molecule has 0 fully saturated rings. The summed E-state index contributed by atoms with van der Waals surface area (Å²) in [4.78, 5) is 18.1. The third kappa shape index (κ3) is 4.18. The maximum Gasteiger partial charge on any atom is 0.256 e. The average Bonchev–Trinajstić information content (AvgIpc) is 3.26. The molecule has 1 N–H and O–H groups in total. The van der Waals surface area contributed by atoms with Crippen LogP contribution in [0.4, 0.5) is 5.69 Å². The van der Waals surface area contributed by atoms with Crippen molar-refractivity contribution in [2.45, 2.75) is 20.3 Å².